The SMILES string of the molecule is Cc1cccc2nc(CN=C(N)NCCc3cccs3)cn12. The van der Waals surface area contributed by atoms with Crippen LogP contribution in [0, 0.1) is 6.92 Å². The molecule has 0 aromatic carbocycles. The Hall–Kier alpha value is -2.34. The summed E-state index contributed by atoms with van der Waals surface area (Å²) in [6.45, 7) is 3.33. The monoisotopic (exact) mass is 313 g/mol. The average Bonchev–Trinajstić information content (AvgIpc) is 3.15. The molecule has 3 aromatic heterocycles. The van der Waals surface area contributed by atoms with Crippen molar-refractivity contribution in [3.05, 3.63) is 58.2 Å². The highest BCUT2D eigenvalue weighted by Gasteiger charge is 2.02. The molecular weight excluding hydrogens is 294 g/mol. The van der Waals surface area contributed by atoms with Crippen LogP contribution in [0.5, 0.6) is 0 Å². The van der Waals surface area contributed by atoms with Gasteiger partial charge in [0.2, 0.25) is 0 Å². The van der Waals surface area contributed by atoms with E-state index >= 15 is 0 Å². The van der Waals surface area contributed by atoms with Gasteiger partial charge in [0.05, 0.1) is 12.2 Å². The largest absolute Gasteiger partial charge is 0.370 e. The number of nitrogens with one attached hydrogen (secondary N) is 1. The highest BCUT2D eigenvalue weighted by Crippen LogP contribution is 2.09. The summed E-state index contributed by atoms with van der Waals surface area (Å²) in [5.41, 5.74) is 8.90. The van der Waals surface area contributed by atoms with E-state index < -0.39 is 0 Å². The number of aliphatic imine (C=N–C) groups is 1. The van der Waals surface area contributed by atoms with Gasteiger partial charge in [0.25, 0.3) is 0 Å². The van der Waals surface area contributed by atoms with Crippen molar-refractivity contribution in [2.24, 2.45) is 10.7 Å². The number of thiophene rings is 1. The molecule has 114 valence electrons. The second-order valence-corrected chi connectivity index (χ2v) is 6.12. The fourth-order valence-electron chi connectivity index (χ4n) is 2.27. The number of imidazole rings is 1. The van der Waals surface area contributed by atoms with E-state index in [1.165, 1.54) is 4.88 Å². The summed E-state index contributed by atoms with van der Waals surface area (Å²) in [4.78, 5) is 10.2. The van der Waals surface area contributed by atoms with E-state index in [1.54, 1.807) is 11.3 Å². The van der Waals surface area contributed by atoms with E-state index in [9.17, 15) is 0 Å². The lowest BCUT2D eigenvalue weighted by molar-refractivity contribution is 0.854. The lowest BCUT2D eigenvalue weighted by Gasteiger charge is -2.03. The van der Waals surface area contributed by atoms with Gasteiger partial charge in [-0.1, -0.05) is 12.1 Å². The molecule has 22 heavy (non-hydrogen) atoms. The number of rotatable bonds is 5. The van der Waals surface area contributed by atoms with E-state index in [0.717, 1.165) is 30.0 Å². The zero-order valence-electron chi connectivity index (χ0n) is 12.5. The van der Waals surface area contributed by atoms with Crippen molar-refractivity contribution in [2.75, 3.05) is 6.54 Å². The molecule has 0 bridgehead atoms. The summed E-state index contributed by atoms with van der Waals surface area (Å²) >= 11 is 1.76. The molecule has 0 unspecified atom stereocenters. The minimum absolute atomic E-state index is 0.463. The predicted molar refractivity (Wildman–Crippen MR) is 91.3 cm³/mol. The van der Waals surface area contributed by atoms with Crippen molar-refractivity contribution in [1.82, 2.24) is 14.7 Å². The maximum absolute atomic E-state index is 5.89. The maximum atomic E-state index is 5.89. The molecule has 3 rings (SSSR count). The van der Waals surface area contributed by atoms with Crippen LogP contribution in [0.3, 0.4) is 0 Å². The first-order valence-corrected chi connectivity index (χ1v) is 8.10. The maximum Gasteiger partial charge on any atom is 0.188 e. The van der Waals surface area contributed by atoms with E-state index in [1.807, 2.05) is 18.3 Å². The van der Waals surface area contributed by atoms with Crippen LogP contribution in [0.15, 0.2) is 46.9 Å². The van der Waals surface area contributed by atoms with Crippen LogP contribution in [-0.4, -0.2) is 21.9 Å². The summed E-state index contributed by atoms with van der Waals surface area (Å²) in [6, 6.07) is 10.2. The van der Waals surface area contributed by atoms with Crippen molar-refractivity contribution in [3.63, 3.8) is 0 Å². The quantitative estimate of drug-likeness (QED) is 0.561. The molecule has 6 heteroatoms. The summed E-state index contributed by atoms with van der Waals surface area (Å²) in [7, 11) is 0. The van der Waals surface area contributed by atoms with Gasteiger partial charge in [-0.15, -0.1) is 11.3 Å². The Labute approximate surface area is 133 Å². The van der Waals surface area contributed by atoms with Gasteiger partial charge in [-0.3, -0.25) is 0 Å². The van der Waals surface area contributed by atoms with Gasteiger partial charge >= 0.3 is 0 Å². The zero-order chi connectivity index (χ0) is 15.4. The molecular formula is C16H19N5S. The molecule has 0 atom stereocenters. The topological polar surface area (TPSA) is 67.7 Å². The first kappa shape index (κ1) is 14.6. The van der Waals surface area contributed by atoms with E-state index in [0.29, 0.717) is 12.5 Å². The molecule has 0 amide bonds. The molecule has 0 aliphatic carbocycles. The van der Waals surface area contributed by atoms with Crippen LogP contribution in [-0.2, 0) is 13.0 Å². The number of nitrogens with zero attached hydrogens (tertiary/aromatic N) is 3. The Kier molecular flexibility index (Phi) is 4.39. The van der Waals surface area contributed by atoms with Gasteiger partial charge < -0.3 is 15.5 Å². The van der Waals surface area contributed by atoms with Crippen LogP contribution in [0.25, 0.3) is 5.65 Å². The third-order valence-corrected chi connectivity index (χ3v) is 4.35. The molecule has 3 aromatic rings. The van der Waals surface area contributed by atoms with Crippen LogP contribution in [0.1, 0.15) is 16.3 Å². The second-order valence-electron chi connectivity index (χ2n) is 5.09. The van der Waals surface area contributed by atoms with Crippen LogP contribution >= 0.6 is 11.3 Å². The van der Waals surface area contributed by atoms with Gasteiger partial charge in [0.1, 0.15) is 5.65 Å². The Bertz CT molecular complexity index is 773. The zero-order valence-corrected chi connectivity index (χ0v) is 13.3. The normalized spacial score (nSPS) is 12.0. The molecule has 0 saturated carbocycles. The van der Waals surface area contributed by atoms with Crippen molar-refractivity contribution in [1.29, 1.82) is 0 Å². The number of hydrogen-bond acceptors (Lipinski definition) is 3. The van der Waals surface area contributed by atoms with Crippen molar-refractivity contribution < 1.29 is 0 Å². The Balaban J connectivity index is 1.56. The molecule has 0 aliphatic heterocycles. The summed E-state index contributed by atoms with van der Waals surface area (Å²) in [6.07, 6.45) is 2.97. The Morgan fingerprint density at radius 1 is 1.36 bits per heavy atom. The van der Waals surface area contributed by atoms with Crippen molar-refractivity contribution in [3.8, 4) is 0 Å². The number of guanidine groups is 1. The summed E-state index contributed by atoms with van der Waals surface area (Å²) in [5.74, 6) is 0.463. The lowest BCUT2D eigenvalue weighted by atomic mass is 10.3. The Morgan fingerprint density at radius 3 is 3.05 bits per heavy atom. The van der Waals surface area contributed by atoms with Gasteiger partial charge in [-0.25, -0.2) is 9.98 Å². The number of hydrogen-bond donors (Lipinski definition) is 2. The second kappa shape index (κ2) is 6.62. The lowest BCUT2D eigenvalue weighted by Crippen LogP contribution is -2.33. The van der Waals surface area contributed by atoms with Gasteiger partial charge in [0, 0.05) is 23.3 Å². The number of pyridine rings is 1. The average molecular weight is 313 g/mol. The highest BCUT2D eigenvalue weighted by molar-refractivity contribution is 7.09. The fourth-order valence-corrected chi connectivity index (χ4v) is 2.97. The molecule has 0 aliphatic rings. The first-order chi connectivity index (χ1) is 10.7. The standard InChI is InChI=1S/C16H19N5S/c1-12-4-2-6-15-20-13(11-21(12)15)10-19-16(17)18-8-7-14-5-3-9-22-14/h2-6,9,11H,7-8,10H2,1H3,(H3,17,18,19). The smallest absolute Gasteiger partial charge is 0.188 e. The molecule has 3 N–H and O–H groups in total. The third-order valence-electron chi connectivity index (χ3n) is 3.41. The van der Waals surface area contributed by atoms with Crippen molar-refractivity contribution in [2.45, 2.75) is 19.9 Å². The fraction of sp³-hybridized carbons (Fsp3) is 0.250. The molecule has 5 nitrogen and oxygen atoms in total. The number of nitrogens with two attached hydrogens (primary N) is 1. The van der Waals surface area contributed by atoms with Crippen LogP contribution in [0.4, 0.5) is 0 Å². The van der Waals surface area contributed by atoms with Crippen molar-refractivity contribution >= 4 is 22.9 Å². The third kappa shape index (κ3) is 3.46. The van der Waals surface area contributed by atoms with E-state index in [2.05, 4.69) is 50.2 Å². The van der Waals surface area contributed by atoms with Crippen LogP contribution in [0.2, 0.25) is 0 Å². The number of fused-ring (bicyclic) bond motifs is 1. The minimum Gasteiger partial charge on any atom is -0.370 e. The summed E-state index contributed by atoms with van der Waals surface area (Å²) in [5, 5.41) is 5.22. The first-order valence-electron chi connectivity index (χ1n) is 7.22. The van der Waals surface area contributed by atoms with E-state index in [4.69, 9.17) is 5.73 Å². The number of aryl methyl sites for hydroxylation is 1. The van der Waals surface area contributed by atoms with Gasteiger partial charge in [-0.05, 0) is 36.9 Å². The molecule has 0 radical (unpaired) electrons. The summed E-state index contributed by atoms with van der Waals surface area (Å²) < 4.78 is 2.06. The predicted octanol–water partition coefficient (Wildman–Crippen LogP) is 2.35. The van der Waals surface area contributed by atoms with Crippen LogP contribution < -0.4 is 11.1 Å². The molecule has 0 fully saturated rings. The highest BCUT2D eigenvalue weighted by atomic mass is 32.1. The number of aromatic nitrogens is 2. The molecule has 3 heterocycles. The molecule has 0 saturated heterocycles. The Morgan fingerprint density at radius 2 is 2.27 bits per heavy atom. The minimum atomic E-state index is 0.463. The molecule has 0 spiro atoms. The van der Waals surface area contributed by atoms with Gasteiger partial charge in [-0.2, -0.15) is 0 Å². The van der Waals surface area contributed by atoms with E-state index in [-0.39, 0.29) is 0 Å². The van der Waals surface area contributed by atoms with Gasteiger partial charge in [0.15, 0.2) is 5.96 Å².